The fourth-order valence-electron chi connectivity index (χ4n) is 2.06. The number of hydrogen-bond donors (Lipinski definition) is 2. The highest BCUT2D eigenvalue weighted by Gasteiger charge is 2.44. The lowest BCUT2D eigenvalue weighted by molar-refractivity contribution is -0.0957. The van der Waals surface area contributed by atoms with Gasteiger partial charge in [-0.2, -0.15) is 5.26 Å². The molecule has 0 radical (unpaired) electrons. The van der Waals surface area contributed by atoms with Crippen LogP contribution < -0.4 is 11.2 Å². The number of nitrogens with zero attached hydrogens (tertiary/aromatic N) is 2. The summed E-state index contributed by atoms with van der Waals surface area (Å²) in [5.74, 6) is 0. The number of aliphatic hydroxyl groups is 1. The molecule has 7 heteroatoms. The van der Waals surface area contributed by atoms with Crippen molar-refractivity contribution < 1.29 is 9.84 Å². The topological polar surface area (TPSA) is 108 Å². The van der Waals surface area contributed by atoms with Gasteiger partial charge in [-0.1, -0.05) is 0 Å². The third-order valence-corrected chi connectivity index (χ3v) is 3.04. The number of hydrogen-bond acceptors (Lipinski definition) is 5. The Morgan fingerprint density at radius 3 is 2.94 bits per heavy atom. The molecule has 7 nitrogen and oxygen atoms in total. The van der Waals surface area contributed by atoms with Crippen molar-refractivity contribution in [2.45, 2.75) is 37.7 Å². The molecular weight excluding hydrogens is 238 g/mol. The highest BCUT2D eigenvalue weighted by Crippen LogP contribution is 2.34. The smallest absolute Gasteiger partial charge is 0.331 e. The van der Waals surface area contributed by atoms with Gasteiger partial charge in [0.25, 0.3) is 5.56 Å². The molecular formula is C11H13N3O4. The Morgan fingerprint density at radius 2 is 2.44 bits per heavy atom. The number of ether oxygens (including phenoxy) is 1. The summed E-state index contributed by atoms with van der Waals surface area (Å²) >= 11 is 0. The van der Waals surface area contributed by atoms with Crippen molar-refractivity contribution in [3.05, 3.63) is 33.1 Å². The van der Waals surface area contributed by atoms with Gasteiger partial charge in [-0.3, -0.25) is 14.3 Å². The van der Waals surface area contributed by atoms with Gasteiger partial charge >= 0.3 is 5.69 Å². The fraction of sp³-hybridized carbons (Fsp3) is 0.545. The molecule has 1 aliphatic rings. The molecule has 0 bridgehead atoms. The van der Waals surface area contributed by atoms with Crippen molar-refractivity contribution in [3.8, 4) is 6.07 Å². The molecule has 3 atom stereocenters. The number of aromatic nitrogens is 2. The molecule has 1 saturated heterocycles. The van der Waals surface area contributed by atoms with Crippen LogP contribution in [0.4, 0.5) is 0 Å². The molecule has 1 aromatic heterocycles. The molecule has 0 unspecified atom stereocenters. The Morgan fingerprint density at radius 1 is 1.72 bits per heavy atom. The molecule has 96 valence electrons. The van der Waals surface area contributed by atoms with Crippen LogP contribution >= 0.6 is 0 Å². The van der Waals surface area contributed by atoms with E-state index in [9.17, 15) is 20.0 Å². The number of H-pyrrole nitrogens is 1. The number of nitriles is 1. The summed E-state index contributed by atoms with van der Waals surface area (Å²) in [6.45, 7) is 1.56. The molecule has 1 aromatic rings. The lowest BCUT2D eigenvalue weighted by atomic mass is 10.1. The average Bonchev–Trinajstić information content (AvgIpc) is 2.74. The Labute approximate surface area is 102 Å². The maximum Gasteiger partial charge on any atom is 0.331 e. The predicted molar refractivity (Wildman–Crippen MR) is 60.7 cm³/mol. The van der Waals surface area contributed by atoms with Crippen molar-refractivity contribution in [2.75, 3.05) is 0 Å². The molecule has 0 aromatic carbocycles. The largest absolute Gasteiger partial charge is 0.391 e. The van der Waals surface area contributed by atoms with Crippen LogP contribution in [0, 0.1) is 11.3 Å². The first-order valence-corrected chi connectivity index (χ1v) is 5.58. The van der Waals surface area contributed by atoms with Crippen molar-refractivity contribution in [1.82, 2.24) is 9.55 Å². The lowest BCUT2D eigenvalue weighted by Gasteiger charge is -2.24. The van der Waals surface area contributed by atoms with Crippen LogP contribution in [-0.4, -0.2) is 26.9 Å². The van der Waals surface area contributed by atoms with E-state index in [0.29, 0.717) is 6.42 Å². The van der Waals surface area contributed by atoms with E-state index in [2.05, 4.69) is 4.98 Å². The third-order valence-electron chi connectivity index (χ3n) is 3.04. The highest BCUT2D eigenvalue weighted by atomic mass is 16.5. The molecule has 1 aliphatic heterocycles. The monoisotopic (exact) mass is 251 g/mol. The summed E-state index contributed by atoms with van der Waals surface area (Å²) in [5.41, 5.74) is -2.69. The van der Waals surface area contributed by atoms with Crippen LogP contribution in [0.3, 0.4) is 0 Å². The average molecular weight is 251 g/mol. The number of rotatable bonds is 2. The van der Waals surface area contributed by atoms with E-state index in [1.54, 1.807) is 6.92 Å². The SMILES string of the molecule is C[C@H](O)[C@@H]1CC[C@](C#N)(n2ccc(=O)[nH]c2=O)O1. The first kappa shape index (κ1) is 12.5. The summed E-state index contributed by atoms with van der Waals surface area (Å²) in [6.07, 6.45) is 0.763. The zero-order valence-electron chi connectivity index (χ0n) is 9.79. The predicted octanol–water partition coefficient (Wildman–Crippen LogP) is -0.727. The lowest BCUT2D eigenvalue weighted by Crippen LogP contribution is -2.43. The minimum atomic E-state index is -1.46. The normalized spacial score (nSPS) is 28.8. The molecule has 2 rings (SSSR count). The van der Waals surface area contributed by atoms with Crippen LogP contribution in [0.15, 0.2) is 21.9 Å². The minimum absolute atomic E-state index is 0.283. The quantitative estimate of drug-likeness (QED) is 0.720. The summed E-state index contributed by atoms with van der Waals surface area (Å²) in [5, 5.41) is 18.7. The van der Waals surface area contributed by atoms with Gasteiger partial charge in [0, 0.05) is 18.7 Å². The van der Waals surface area contributed by atoms with E-state index < -0.39 is 29.2 Å². The molecule has 0 spiro atoms. The number of aromatic amines is 1. The highest BCUT2D eigenvalue weighted by molar-refractivity contribution is 5.05. The Balaban J connectivity index is 2.44. The van der Waals surface area contributed by atoms with Crippen LogP contribution in [0.25, 0.3) is 0 Å². The second-order valence-electron chi connectivity index (χ2n) is 4.31. The Kier molecular flexibility index (Phi) is 3.07. The molecule has 1 fully saturated rings. The second-order valence-corrected chi connectivity index (χ2v) is 4.31. The molecule has 18 heavy (non-hydrogen) atoms. The minimum Gasteiger partial charge on any atom is -0.391 e. The fourth-order valence-corrected chi connectivity index (χ4v) is 2.06. The van der Waals surface area contributed by atoms with Crippen LogP contribution in [0.5, 0.6) is 0 Å². The van der Waals surface area contributed by atoms with Gasteiger partial charge in [-0.25, -0.2) is 4.79 Å². The molecule has 2 heterocycles. The maximum atomic E-state index is 11.7. The van der Waals surface area contributed by atoms with E-state index >= 15 is 0 Å². The van der Waals surface area contributed by atoms with Gasteiger partial charge in [-0.05, 0) is 13.3 Å². The van der Waals surface area contributed by atoms with Gasteiger partial charge in [0.15, 0.2) is 0 Å². The molecule has 2 N–H and O–H groups in total. The van der Waals surface area contributed by atoms with E-state index in [-0.39, 0.29) is 6.42 Å². The third kappa shape index (κ3) is 1.96. The number of aliphatic hydroxyl groups excluding tert-OH is 1. The van der Waals surface area contributed by atoms with E-state index in [4.69, 9.17) is 4.74 Å². The zero-order valence-corrected chi connectivity index (χ0v) is 9.79. The standard InChI is InChI=1S/C11H13N3O4/c1-7(15)8-2-4-11(6-12,18-8)14-5-3-9(16)13-10(14)17/h3,5,7-8,15H,2,4H2,1H3,(H,13,16,17)/t7-,8-,11-/m0/s1. The van der Waals surface area contributed by atoms with Crippen molar-refractivity contribution >= 4 is 0 Å². The van der Waals surface area contributed by atoms with E-state index in [1.807, 2.05) is 6.07 Å². The van der Waals surface area contributed by atoms with Crippen LogP contribution in [0.1, 0.15) is 19.8 Å². The Bertz CT molecular complexity index is 597. The van der Waals surface area contributed by atoms with Gasteiger partial charge in [0.2, 0.25) is 5.72 Å². The Hall–Kier alpha value is -1.91. The number of nitrogens with one attached hydrogen (secondary N) is 1. The van der Waals surface area contributed by atoms with E-state index in [1.165, 1.54) is 6.20 Å². The van der Waals surface area contributed by atoms with Gasteiger partial charge in [-0.15, -0.1) is 0 Å². The van der Waals surface area contributed by atoms with Crippen molar-refractivity contribution in [2.24, 2.45) is 0 Å². The molecule has 0 saturated carbocycles. The molecule has 0 amide bonds. The summed E-state index contributed by atoms with van der Waals surface area (Å²) in [6, 6.07) is 3.10. The van der Waals surface area contributed by atoms with Crippen molar-refractivity contribution in [3.63, 3.8) is 0 Å². The summed E-state index contributed by atoms with van der Waals surface area (Å²) < 4.78 is 6.55. The second kappa shape index (κ2) is 4.40. The van der Waals surface area contributed by atoms with Crippen LogP contribution in [-0.2, 0) is 10.5 Å². The molecule has 0 aliphatic carbocycles. The van der Waals surface area contributed by atoms with Crippen LogP contribution in [0.2, 0.25) is 0 Å². The summed E-state index contributed by atoms with van der Waals surface area (Å²) in [7, 11) is 0. The first-order valence-electron chi connectivity index (χ1n) is 5.58. The van der Waals surface area contributed by atoms with Gasteiger partial charge in [0.1, 0.15) is 6.07 Å². The van der Waals surface area contributed by atoms with Gasteiger partial charge < -0.3 is 9.84 Å². The maximum absolute atomic E-state index is 11.7. The first-order chi connectivity index (χ1) is 8.48. The van der Waals surface area contributed by atoms with Gasteiger partial charge in [0.05, 0.1) is 12.2 Å². The zero-order chi connectivity index (χ0) is 13.3. The van der Waals surface area contributed by atoms with E-state index in [0.717, 1.165) is 10.6 Å². The van der Waals surface area contributed by atoms with Crippen molar-refractivity contribution in [1.29, 1.82) is 5.26 Å². The summed E-state index contributed by atoms with van der Waals surface area (Å²) in [4.78, 5) is 24.7.